The molecule has 2 aromatic rings. The van der Waals surface area contributed by atoms with Crippen LogP contribution in [0.25, 0.3) is 0 Å². The number of amides is 2. The molecule has 0 bridgehead atoms. The lowest BCUT2D eigenvalue weighted by Gasteiger charge is -2.44. The van der Waals surface area contributed by atoms with Gasteiger partial charge in [0.1, 0.15) is 17.5 Å². The molecule has 2 fully saturated rings. The average molecular weight is 387 g/mol. The maximum Gasteiger partial charge on any atom is 0.249 e. The lowest BCUT2D eigenvalue weighted by molar-refractivity contribution is -0.151. The fourth-order valence-electron chi connectivity index (χ4n) is 3.78. The topological polar surface area (TPSA) is 130 Å². The van der Waals surface area contributed by atoms with Crippen LogP contribution >= 0.6 is 11.8 Å². The molecule has 0 aliphatic carbocycles. The summed E-state index contributed by atoms with van der Waals surface area (Å²) in [5.74, 6) is 0.189. The number of nitrogens with two attached hydrogens (primary N) is 1. The van der Waals surface area contributed by atoms with Crippen molar-refractivity contribution in [3.8, 4) is 0 Å². The summed E-state index contributed by atoms with van der Waals surface area (Å²) >= 11 is 1.64. The Bertz CT molecular complexity index is 870. The molecule has 2 aliphatic rings. The van der Waals surface area contributed by atoms with E-state index in [0.29, 0.717) is 12.4 Å². The lowest BCUT2D eigenvalue weighted by atomic mass is 9.95. The van der Waals surface area contributed by atoms with E-state index in [0.717, 1.165) is 11.1 Å². The number of carbonyl (C=O) groups excluding carboxylic acids is 2. The predicted molar refractivity (Wildman–Crippen MR) is 99.2 cm³/mol. The van der Waals surface area contributed by atoms with E-state index in [9.17, 15) is 9.59 Å². The molecule has 3 atom stereocenters. The number of β-lactam (4-membered cyclic amide) rings is 1. The van der Waals surface area contributed by atoms with E-state index in [1.165, 1.54) is 0 Å². The fourth-order valence-corrected chi connectivity index (χ4v) is 5.41. The predicted octanol–water partition coefficient (Wildman–Crippen LogP) is 0.121. The maximum absolute atomic E-state index is 12.7. The van der Waals surface area contributed by atoms with Crippen molar-refractivity contribution in [2.45, 2.75) is 49.0 Å². The van der Waals surface area contributed by atoms with Crippen LogP contribution in [0.3, 0.4) is 0 Å². The quantitative estimate of drug-likeness (QED) is 0.621. The first-order chi connectivity index (χ1) is 12.9. The number of nitrogens with one attached hydrogen (secondary N) is 2. The molecular formula is C17H21N7O2S. The summed E-state index contributed by atoms with van der Waals surface area (Å²) in [6.45, 7) is 4.46. The van der Waals surface area contributed by atoms with Crippen LogP contribution in [0.2, 0.25) is 0 Å². The van der Waals surface area contributed by atoms with Gasteiger partial charge in [-0.2, -0.15) is 5.21 Å². The molecule has 0 radical (unpaired) electrons. The van der Waals surface area contributed by atoms with Crippen molar-refractivity contribution in [1.29, 1.82) is 0 Å². The molecule has 27 heavy (non-hydrogen) atoms. The Balaban J connectivity index is 1.46. The summed E-state index contributed by atoms with van der Waals surface area (Å²) < 4.78 is -0.282. The number of aromatic amines is 1. The highest BCUT2D eigenvalue weighted by Gasteiger charge is 2.63. The van der Waals surface area contributed by atoms with Crippen molar-refractivity contribution in [3.05, 3.63) is 41.2 Å². The second-order valence-corrected chi connectivity index (χ2v) is 9.00. The summed E-state index contributed by atoms with van der Waals surface area (Å²) in [6.07, 6.45) is 0.201. The standard InChI is InChI=1S/C17H21N7O2S/c1-17(2)13(14-20-22-23-21-14)24-15(26)12(16(24)27-17)19-11(25)7-9-5-3-4-6-10(9)8-18/h3-6,12-13,16H,7-8,18H2,1-2H3,(H,19,25)(H,20,21,22,23)/t12?,13?,16-/m1/s1. The zero-order chi connectivity index (χ0) is 19.2. The van der Waals surface area contributed by atoms with E-state index in [1.807, 2.05) is 38.1 Å². The van der Waals surface area contributed by atoms with Crippen molar-refractivity contribution >= 4 is 23.6 Å². The molecule has 1 aromatic heterocycles. The van der Waals surface area contributed by atoms with Gasteiger partial charge in [0.25, 0.3) is 0 Å². The van der Waals surface area contributed by atoms with Crippen LogP contribution in [0.15, 0.2) is 24.3 Å². The Labute approximate surface area is 160 Å². The van der Waals surface area contributed by atoms with Crippen molar-refractivity contribution in [2.24, 2.45) is 5.73 Å². The molecule has 1 aromatic carbocycles. The number of hydrogen-bond donors (Lipinski definition) is 3. The van der Waals surface area contributed by atoms with Gasteiger partial charge in [-0.05, 0) is 25.0 Å². The number of hydrogen-bond acceptors (Lipinski definition) is 7. The number of rotatable bonds is 5. The number of tetrazole rings is 1. The molecule has 2 amide bonds. The minimum Gasteiger partial charge on any atom is -0.341 e. The highest BCUT2D eigenvalue weighted by Crippen LogP contribution is 2.56. The van der Waals surface area contributed by atoms with Gasteiger partial charge in [0.05, 0.1) is 6.42 Å². The van der Waals surface area contributed by atoms with Crippen LogP contribution in [0.4, 0.5) is 0 Å². The summed E-state index contributed by atoms with van der Waals surface area (Å²) in [6, 6.07) is 6.75. The second kappa shape index (κ2) is 6.61. The Morgan fingerprint density at radius 1 is 1.37 bits per heavy atom. The van der Waals surface area contributed by atoms with E-state index >= 15 is 0 Å². The first kappa shape index (κ1) is 17.9. The summed E-state index contributed by atoms with van der Waals surface area (Å²) in [4.78, 5) is 27.0. The van der Waals surface area contributed by atoms with E-state index in [4.69, 9.17) is 5.73 Å². The molecule has 9 nitrogen and oxygen atoms in total. The number of fused-ring (bicyclic) bond motifs is 1. The van der Waals surface area contributed by atoms with Gasteiger partial charge in [-0.3, -0.25) is 9.59 Å². The Hall–Kier alpha value is -2.46. The average Bonchev–Trinajstić information content (AvgIpc) is 3.24. The van der Waals surface area contributed by atoms with Gasteiger partial charge in [-0.25, -0.2) is 0 Å². The first-order valence-corrected chi connectivity index (χ1v) is 9.60. The number of nitrogens with zero attached hydrogens (tertiary/aromatic N) is 4. The van der Waals surface area contributed by atoms with Gasteiger partial charge in [-0.1, -0.05) is 29.5 Å². The second-order valence-electron chi connectivity index (χ2n) is 7.22. The van der Waals surface area contributed by atoms with Gasteiger partial charge in [0.2, 0.25) is 11.8 Å². The molecule has 10 heteroatoms. The van der Waals surface area contributed by atoms with Gasteiger partial charge in [0, 0.05) is 11.3 Å². The van der Waals surface area contributed by atoms with Crippen molar-refractivity contribution in [2.75, 3.05) is 0 Å². The summed E-state index contributed by atoms with van der Waals surface area (Å²) in [5.41, 5.74) is 7.55. The normalized spacial score (nSPS) is 25.8. The fraction of sp³-hybridized carbons (Fsp3) is 0.471. The minimum absolute atomic E-state index is 0.117. The minimum atomic E-state index is -0.538. The zero-order valence-corrected chi connectivity index (χ0v) is 15.9. The van der Waals surface area contributed by atoms with E-state index in [-0.39, 0.29) is 34.4 Å². The smallest absolute Gasteiger partial charge is 0.249 e. The van der Waals surface area contributed by atoms with Crippen LogP contribution in [0, 0.1) is 0 Å². The van der Waals surface area contributed by atoms with Crippen molar-refractivity contribution < 1.29 is 9.59 Å². The van der Waals surface area contributed by atoms with E-state index in [1.54, 1.807) is 16.7 Å². The zero-order valence-electron chi connectivity index (χ0n) is 15.0. The van der Waals surface area contributed by atoms with Gasteiger partial charge in [0.15, 0.2) is 5.82 Å². The molecule has 3 heterocycles. The van der Waals surface area contributed by atoms with Gasteiger partial charge >= 0.3 is 0 Å². The molecule has 2 saturated heterocycles. The van der Waals surface area contributed by atoms with Crippen molar-refractivity contribution in [3.63, 3.8) is 0 Å². The first-order valence-electron chi connectivity index (χ1n) is 8.72. The summed E-state index contributed by atoms with van der Waals surface area (Å²) in [7, 11) is 0. The van der Waals surface area contributed by atoms with Gasteiger partial charge < -0.3 is 16.0 Å². The third-order valence-corrected chi connectivity index (χ3v) is 6.62. The molecule has 0 saturated carbocycles. The van der Waals surface area contributed by atoms with Crippen molar-refractivity contribution in [1.82, 2.24) is 30.8 Å². The van der Waals surface area contributed by atoms with Crippen LogP contribution < -0.4 is 11.1 Å². The molecule has 0 spiro atoms. The Morgan fingerprint density at radius 2 is 2.11 bits per heavy atom. The number of thioether (sulfide) groups is 1. The molecule has 4 rings (SSSR count). The maximum atomic E-state index is 12.7. The molecule has 142 valence electrons. The summed E-state index contributed by atoms with van der Waals surface area (Å²) in [5, 5.41) is 16.9. The van der Waals surface area contributed by atoms with Crippen LogP contribution in [-0.4, -0.2) is 53.5 Å². The number of aromatic nitrogens is 4. The third-order valence-electron chi connectivity index (χ3n) is 5.05. The third kappa shape index (κ3) is 2.98. The van der Waals surface area contributed by atoms with Gasteiger partial charge in [-0.15, -0.1) is 22.0 Å². The molecule has 4 N–H and O–H groups in total. The Kier molecular flexibility index (Phi) is 4.39. The van der Waals surface area contributed by atoms with Crippen LogP contribution in [-0.2, 0) is 22.6 Å². The molecule has 2 unspecified atom stereocenters. The number of benzene rings is 1. The Morgan fingerprint density at radius 3 is 2.78 bits per heavy atom. The highest BCUT2D eigenvalue weighted by atomic mass is 32.2. The lowest BCUT2D eigenvalue weighted by Crippen LogP contribution is -2.68. The monoisotopic (exact) mass is 387 g/mol. The SMILES string of the molecule is CC1(C)S[C@@H]2C(NC(=O)Cc3ccccc3CN)C(=O)N2C1c1nn[nH]n1. The molecular weight excluding hydrogens is 366 g/mol. The largest absolute Gasteiger partial charge is 0.341 e. The molecule has 2 aliphatic heterocycles. The highest BCUT2D eigenvalue weighted by molar-refractivity contribution is 8.01. The number of carbonyl (C=O) groups is 2. The van der Waals surface area contributed by atoms with Crippen LogP contribution in [0.1, 0.15) is 36.8 Å². The van der Waals surface area contributed by atoms with E-state index < -0.39 is 6.04 Å². The van der Waals surface area contributed by atoms with E-state index in [2.05, 4.69) is 25.9 Å². The number of H-pyrrole nitrogens is 1. The van der Waals surface area contributed by atoms with Crippen LogP contribution in [0.5, 0.6) is 0 Å².